The predicted octanol–water partition coefficient (Wildman–Crippen LogP) is 4.21. The lowest BCUT2D eigenvalue weighted by molar-refractivity contribution is 0.102. The van der Waals surface area contributed by atoms with Crippen molar-refractivity contribution in [2.75, 3.05) is 5.32 Å². The molecule has 3 rings (SSSR count). The minimum atomic E-state index is -0.635. The van der Waals surface area contributed by atoms with Gasteiger partial charge in [0.05, 0.1) is 10.7 Å². The van der Waals surface area contributed by atoms with E-state index < -0.39 is 5.82 Å². The van der Waals surface area contributed by atoms with E-state index in [9.17, 15) is 9.18 Å². The predicted molar refractivity (Wildman–Crippen MR) is 77.7 cm³/mol. The summed E-state index contributed by atoms with van der Waals surface area (Å²) in [7, 11) is 0. The first-order chi connectivity index (χ1) is 9.66. The van der Waals surface area contributed by atoms with Gasteiger partial charge in [-0.3, -0.25) is 4.79 Å². The molecule has 0 radical (unpaired) electrons. The van der Waals surface area contributed by atoms with E-state index in [0.717, 1.165) is 10.9 Å². The first-order valence-corrected chi connectivity index (χ1v) is 6.36. The summed E-state index contributed by atoms with van der Waals surface area (Å²) in [5.74, 6) is -1.01. The summed E-state index contributed by atoms with van der Waals surface area (Å²) in [4.78, 5) is 15.3. The second-order valence-corrected chi connectivity index (χ2v) is 4.71. The van der Waals surface area contributed by atoms with Crippen molar-refractivity contribution in [2.45, 2.75) is 0 Å². The van der Waals surface area contributed by atoms with Gasteiger partial charge in [-0.25, -0.2) is 4.39 Å². The van der Waals surface area contributed by atoms with Gasteiger partial charge in [0.1, 0.15) is 0 Å². The first-order valence-electron chi connectivity index (χ1n) is 5.98. The van der Waals surface area contributed by atoms with Crippen LogP contribution in [-0.2, 0) is 0 Å². The maximum atomic E-state index is 13.8. The minimum Gasteiger partial charge on any atom is -0.361 e. The van der Waals surface area contributed by atoms with Crippen LogP contribution in [-0.4, -0.2) is 10.9 Å². The molecule has 0 spiro atoms. The molecule has 100 valence electrons. The van der Waals surface area contributed by atoms with Crippen LogP contribution in [0.1, 0.15) is 10.4 Å². The number of anilines is 1. The van der Waals surface area contributed by atoms with E-state index in [4.69, 9.17) is 11.6 Å². The van der Waals surface area contributed by atoms with Gasteiger partial charge in [-0.1, -0.05) is 23.7 Å². The Labute approximate surface area is 119 Å². The van der Waals surface area contributed by atoms with Gasteiger partial charge < -0.3 is 10.3 Å². The zero-order valence-electron chi connectivity index (χ0n) is 10.3. The number of carbonyl (C=O) groups is 1. The molecule has 0 atom stereocenters. The fourth-order valence-corrected chi connectivity index (χ4v) is 2.25. The molecule has 5 heteroatoms. The van der Waals surface area contributed by atoms with Gasteiger partial charge in [0, 0.05) is 22.7 Å². The molecule has 0 saturated carbocycles. The number of H-pyrrole nitrogens is 1. The zero-order valence-corrected chi connectivity index (χ0v) is 11.0. The molecule has 0 fully saturated rings. The highest BCUT2D eigenvalue weighted by Crippen LogP contribution is 2.24. The number of halogens is 2. The number of nitrogens with one attached hydrogen (secondary N) is 2. The number of benzene rings is 2. The lowest BCUT2D eigenvalue weighted by Crippen LogP contribution is -2.13. The van der Waals surface area contributed by atoms with E-state index >= 15 is 0 Å². The van der Waals surface area contributed by atoms with Crippen molar-refractivity contribution >= 4 is 34.1 Å². The van der Waals surface area contributed by atoms with E-state index in [0.29, 0.717) is 5.56 Å². The number of hydrogen-bond acceptors (Lipinski definition) is 1. The van der Waals surface area contributed by atoms with Gasteiger partial charge in [-0.15, -0.1) is 0 Å². The van der Waals surface area contributed by atoms with Crippen LogP contribution in [0.2, 0.25) is 5.02 Å². The fourth-order valence-electron chi connectivity index (χ4n) is 2.07. The average molecular weight is 289 g/mol. The van der Waals surface area contributed by atoms with Gasteiger partial charge in [-0.2, -0.15) is 0 Å². The zero-order chi connectivity index (χ0) is 14.1. The Balaban J connectivity index is 1.97. The second kappa shape index (κ2) is 4.98. The van der Waals surface area contributed by atoms with Crippen molar-refractivity contribution in [1.82, 2.24) is 4.98 Å². The summed E-state index contributed by atoms with van der Waals surface area (Å²) in [6.07, 6.45) is 1.75. The third kappa shape index (κ3) is 2.14. The Morgan fingerprint density at radius 2 is 1.95 bits per heavy atom. The lowest BCUT2D eigenvalue weighted by Gasteiger charge is -2.08. The highest BCUT2D eigenvalue weighted by Gasteiger charge is 2.13. The van der Waals surface area contributed by atoms with Gasteiger partial charge in [0.25, 0.3) is 5.91 Å². The third-order valence-corrected chi connectivity index (χ3v) is 3.33. The number of aromatic amines is 1. The standard InChI is InChI=1S/C15H10ClFN2O/c16-11-4-2-6-13(14(11)17)19-15(20)10-3-1-5-12-9(10)7-8-18-12/h1-8,18H,(H,19,20). The summed E-state index contributed by atoms with van der Waals surface area (Å²) in [5, 5.41) is 3.30. The number of aromatic nitrogens is 1. The van der Waals surface area contributed by atoms with Crippen molar-refractivity contribution in [1.29, 1.82) is 0 Å². The number of rotatable bonds is 2. The molecule has 1 aromatic heterocycles. The maximum absolute atomic E-state index is 13.8. The van der Waals surface area contributed by atoms with E-state index in [1.54, 1.807) is 30.5 Å². The minimum absolute atomic E-state index is 0.0253. The van der Waals surface area contributed by atoms with Gasteiger partial charge in [-0.05, 0) is 30.3 Å². The van der Waals surface area contributed by atoms with Crippen LogP contribution >= 0.6 is 11.6 Å². The molecular weight excluding hydrogens is 279 g/mol. The molecule has 2 aromatic carbocycles. The van der Waals surface area contributed by atoms with Crippen molar-refractivity contribution in [3.63, 3.8) is 0 Å². The molecule has 20 heavy (non-hydrogen) atoms. The number of carbonyl (C=O) groups excluding carboxylic acids is 1. The monoisotopic (exact) mass is 288 g/mol. The van der Waals surface area contributed by atoms with Crippen LogP contribution in [0.5, 0.6) is 0 Å². The van der Waals surface area contributed by atoms with Gasteiger partial charge in [0.15, 0.2) is 5.82 Å². The highest BCUT2D eigenvalue weighted by atomic mass is 35.5. The van der Waals surface area contributed by atoms with Crippen LogP contribution in [0.4, 0.5) is 10.1 Å². The summed E-state index contributed by atoms with van der Waals surface area (Å²) in [6.45, 7) is 0. The summed E-state index contributed by atoms with van der Waals surface area (Å²) < 4.78 is 13.8. The van der Waals surface area contributed by atoms with E-state index in [1.165, 1.54) is 12.1 Å². The second-order valence-electron chi connectivity index (χ2n) is 4.30. The largest absolute Gasteiger partial charge is 0.361 e. The molecule has 0 bridgehead atoms. The Morgan fingerprint density at radius 1 is 1.15 bits per heavy atom. The quantitative estimate of drug-likeness (QED) is 0.729. The maximum Gasteiger partial charge on any atom is 0.256 e. The Bertz CT molecular complexity index is 797. The van der Waals surface area contributed by atoms with Crippen molar-refractivity contribution in [3.8, 4) is 0 Å². The summed E-state index contributed by atoms with van der Waals surface area (Å²) in [5.41, 5.74) is 1.39. The Morgan fingerprint density at radius 3 is 2.80 bits per heavy atom. The van der Waals surface area contributed by atoms with Crippen molar-refractivity contribution in [3.05, 3.63) is 65.1 Å². The Hall–Kier alpha value is -2.33. The Kier molecular flexibility index (Phi) is 3.16. The molecule has 0 unspecified atom stereocenters. The summed E-state index contributed by atoms with van der Waals surface area (Å²) in [6, 6.07) is 11.6. The van der Waals surface area contributed by atoms with Crippen molar-refractivity contribution < 1.29 is 9.18 Å². The molecule has 2 N–H and O–H groups in total. The SMILES string of the molecule is O=C(Nc1cccc(Cl)c1F)c1cccc2[nH]ccc12. The molecule has 0 aliphatic carbocycles. The average Bonchev–Trinajstić information content (AvgIpc) is 2.92. The molecule has 3 aromatic rings. The first kappa shape index (κ1) is 12.7. The number of amides is 1. The number of fused-ring (bicyclic) bond motifs is 1. The third-order valence-electron chi connectivity index (χ3n) is 3.04. The number of hydrogen-bond donors (Lipinski definition) is 2. The smallest absolute Gasteiger partial charge is 0.256 e. The normalized spacial score (nSPS) is 10.7. The van der Waals surface area contributed by atoms with Crippen LogP contribution in [0.3, 0.4) is 0 Å². The lowest BCUT2D eigenvalue weighted by atomic mass is 10.1. The van der Waals surface area contributed by atoms with Crippen LogP contribution in [0.15, 0.2) is 48.7 Å². The van der Waals surface area contributed by atoms with Crippen molar-refractivity contribution in [2.24, 2.45) is 0 Å². The molecule has 0 aliphatic heterocycles. The van der Waals surface area contributed by atoms with Crippen LogP contribution in [0, 0.1) is 5.82 Å². The molecule has 1 heterocycles. The molecule has 3 nitrogen and oxygen atoms in total. The topological polar surface area (TPSA) is 44.9 Å². The molecule has 0 aliphatic rings. The highest BCUT2D eigenvalue weighted by molar-refractivity contribution is 6.31. The van der Waals surface area contributed by atoms with E-state index in [1.807, 2.05) is 6.07 Å². The molecule has 0 saturated heterocycles. The summed E-state index contributed by atoms with van der Waals surface area (Å²) >= 11 is 5.69. The van der Waals surface area contributed by atoms with E-state index in [-0.39, 0.29) is 16.6 Å². The van der Waals surface area contributed by atoms with Gasteiger partial charge in [0.2, 0.25) is 0 Å². The van der Waals surface area contributed by atoms with E-state index in [2.05, 4.69) is 10.3 Å². The molecule has 1 amide bonds. The molecular formula is C15H10ClFN2O. The fraction of sp³-hybridized carbons (Fsp3) is 0. The van der Waals surface area contributed by atoms with Crippen LogP contribution < -0.4 is 5.32 Å². The van der Waals surface area contributed by atoms with Crippen LogP contribution in [0.25, 0.3) is 10.9 Å². The van der Waals surface area contributed by atoms with Gasteiger partial charge >= 0.3 is 0 Å².